The summed E-state index contributed by atoms with van der Waals surface area (Å²) in [5.41, 5.74) is 1.18. The van der Waals surface area contributed by atoms with E-state index in [1.165, 1.54) is 19.3 Å². The molecule has 1 saturated carbocycles. The molecule has 2 rings (SSSR count). The first-order chi connectivity index (χ1) is 9.58. The Labute approximate surface area is 120 Å². The topological polar surface area (TPSA) is 62.2 Å². The van der Waals surface area contributed by atoms with E-state index in [0.717, 1.165) is 31.0 Å². The number of carboxylic acids is 1. The van der Waals surface area contributed by atoms with Gasteiger partial charge >= 0.3 is 5.97 Å². The van der Waals surface area contributed by atoms with E-state index in [1.807, 2.05) is 0 Å². The van der Waals surface area contributed by atoms with Crippen LogP contribution in [0.4, 0.5) is 5.82 Å². The summed E-state index contributed by atoms with van der Waals surface area (Å²) in [5.74, 6) is 1.32. The average Bonchev–Trinajstić information content (AvgIpc) is 2.82. The second-order valence-corrected chi connectivity index (χ2v) is 5.95. The van der Waals surface area contributed by atoms with Gasteiger partial charge in [-0.15, -0.1) is 0 Å². The second kappa shape index (κ2) is 6.73. The molecule has 2 N–H and O–H groups in total. The number of carboxylic acid groups (broad SMARTS) is 1. The fourth-order valence-electron chi connectivity index (χ4n) is 2.95. The number of nitrogens with one attached hydrogen (secondary N) is 1. The first kappa shape index (κ1) is 14.8. The van der Waals surface area contributed by atoms with Gasteiger partial charge in [0.1, 0.15) is 5.82 Å². The maximum atomic E-state index is 11.2. The van der Waals surface area contributed by atoms with Crippen molar-refractivity contribution in [2.75, 3.05) is 11.9 Å². The standard InChI is InChI=1S/C16H24N2O2/c1-3-4-14-8-13(16(19)20)9-15(18-14)17-10-12-6-5-11(2)7-12/h8-9,11-12H,3-7,10H2,1-2H3,(H,17,18)(H,19,20). The van der Waals surface area contributed by atoms with E-state index in [0.29, 0.717) is 17.3 Å². The third-order valence-corrected chi connectivity index (χ3v) is 4.01. The number of pyridine rings is 1. The molecule has 1 aromatic heterocycles. The molecule has 0 aromatic carbocycles. The highest BCUT2D eigenvalue weighted by atomic mass is 16.4. The van der Waals surface area contributed by atoms with Gasteiger partial charge in [-0.05, 0) is 43.2 Å². The number of rotatable bonds is 6. The van der Waals surface area contributed by atoms with Crippen LogP contribution in [0.2, 0.25) is 0 Å². The molecule has 4 nitrogen and oxygen atoms in total. The fourth-order valence-corrected chi connectivity index (χ4v) is 2.95. The molecule has 110 valence electrons. The predicted octanol–water partition coefficient (Wildman–Crippen LogP) is 3.58. The van der Waals surface area contributed by atoms with Gasteiger partial charge in [0.15, 0.2) is 0 Å². The van der Waals surface area contributed by atoms with Gasteiger partial charge in [-0.2, -0.15) is 0 Å². The number of aromatic carboxylic acids is 1. The van der Waals surface area contributed by atoms with E-state index >= 15 is 0 Å². The molecule has 0 amide bonds. The van der Waals surface area contributed by atoms with Gasteiger partial charge in [0.2, 0.25) is 0 Å². The van der Waals surface area contributed by atoms with Crippen LogP contribution in [0.15, 0.2) is 12.1 Å². The lowest BCUT2D eigenvalue weighted by molar-refractivity contribution is 0.0696. The Morgan fingerprint density at radius 1 is 1.45 bits per heavy atom. The van der Waals surface area contributed by atoms with Gasteiger partial charge in [-0.25, -0.2) is 9.78 Å². The van der Waals surface area contributed by atoms with E-state index in [4.69, 9.17) is 5.11 Å². The molecule has 2 unspecified atom stereocenters. The number of hydrogen-bond acceptors (Lipinski definition) is 3. The summed E-state index contributed by atoms with van der Waals surface area (Å²) in [6.45, 7) is 5.26. The molecule has 0 radical (unpaired) electrons. The highest BCUT2D eigenvalue weighted by molar-refractivity contribution is 5.88. The predicted molar refractivity (Wildman–Crippen MR) is 80.2 cm³/mol. The summed E-state index contributed by atoms with van der Waals surface area (Å²) in [7, 11) is 0. The highest BCUT2D eigenvalue weighted by Gasteiger charge is 2.21. The third-order valence-electron chi connectivity index (χ3n) is 4.01. The van der Waals surface area contributed by atoms with Crippen LogP contribution in [-0.4, -0.2) is 22.6 Å². The quantitative estimate of drug-likeness (QED) is 0.833. The number of anilines is 1. The zero-order valence-corrected chi connectivity index (χ0v) is 12.4. The van der Waals surface area contributed by atoms with Crippen LogP contribution in [0, 0.1) is 11.8 Å². The van der Waals surface area contributed by atoms with Gasteiger partial charge in [0, 0.05) is 12.2 Å². The maximum absolute atomic E-state index is 11.2. The first-order valence-corrected chi connectivity index (χ1v) is 7.56. The summed E-state index contributed by atoms with van der Waals surface area (Å²) in [4.78, 5) is 15.7. The lowest BCUT2D eigenvalue weighted by Crippen LogP contribution is -2.13. The van der Waals surface area contributed by atoms with Crippen molar-refractivity contribution < 1.29 is 9.90 Å². The molecular formula is C16H24N2O2. The number of hydrogen-bond donors (Lipinski definition) is 2. The van der Waals surface area contributed by atoms with E-state index < -0.39 is 5.97 Å². The van der Waals surface area contributed by atoms with Crippen molar-refractivity contribution in [2.24, 2.45) is 11.8 Å². The van der Waals surface area contributed by atoms with Gasteiger partial charge in [-0.3, -0.25) is 0 Å². The number of aryl methyl sites for hydroxylation is 1. The summed E-state index contributed by atoms with van der Waals surface area (Å²) >= 11 is 0. The Hall–Kier alpha value is -1.58. The molecule has 0 bridgehead atoms. The lowest BCUT2D eigenvalue weighted by Gasteiger charge is -2.13. The largest absolute Gasteiger partial charge is 0.478 e. The first-order valence-electron chi connectivity index (χ1n) is 7.56. The van der Waals surface area contributed by atoms with Crippen LogP contribution in [0.1, 0.15) is 55.6 Å². The highest BCUT2D eigenvalue weighted by Crippen LogP contribution is 2.30. The van der Waals surface area contributed by atoms with Crippen molar-refractivity contribution in [3.63, 3.8) is 0 Å². The van der Waals surface area contributed by atoms with Crippen LogP contribution in [0.3, 0.4) is 0 Å². The Balaban J connectivity index is 2.03. The molecule has 2 atom stereocenters. The molecule has 0 spiro atoms. The average molecular weight is 276 g/mol. The number of nitrogens with zero attached hydrogens (tertiary/aromatic N) is 1. The lowest BCUT2D eigenvalue weighted by atomic mass is 10.1. The number of aromatic nitrogens is 1. The van der Waals surface area contributed by atoms with Gasteiger partial charge < -0.3 is 10.4 Å². The Bertz CT molecular complexity index is 474. The summed E-state index contributed by atoms with van der Waals surface area (Å²) < 4.78 is 0. The summed E-state index contributed by atoms with van der Waals surface area (Å²) in [6, 6.07) is 3.31. The molecule has 0 aliphatic heterocycles. The Morgan fingerprint density at radius 2 is 2.25 bits per heavy atom. The zero-order chi connectivity index (χ0) is 14.5. The van der Waals surface area contributed by atoms with Crippen LogP contribution in [0.25, 0.3) is 0 Å². The van der Waals surface area contributed by atoms with Gasteiger partial charge in [0.25, 0.3) is 0 Å². The van der Waals surface area contributed by atoms with Crippen molar-refractivity contribution in [3.05, 3.63) is 23.4 Å². The van der Waals surface area contributed by atoms with Crippen LogP contribution in [0.5, 0.6) is 0 Å². The molecule has 1 fully saturated rings. The van der Waals surface area contributed by atoms with E-state index in [9.17, 15) is 4.79 Å². The molecule has 20 heavy (non-hydrogen) atoms. The molecular weight excluding hydrogens is 252 g/mol. The second-order valence-electron chi connectivity index (χ2n) is 5.95. The minimum atomic E-state index is -0.887. The Kier molecular flexibility index (Phi) is 4.99. The minimum absolute atomic E-state index is 0.325. The van der Waals surface area contributed by atoms with Crippen molar-refractivity contribution >= 4 is 11.8 Å². The van der Waals surface area contributed by atoms with E-state index in [1.54, 1.807) is 12.1 Å². The third kappa shape index (κ3) is 3.95. The molecule has 4 heteroatoms. The van der Waals surface area contributed by atoms with E-state index in [2.05, 4.69) is 24.1 Å². The van der Waals surface area contributed by atoms with Crippen LogP contribution < -0.4 is 5.32 Å². The van der Waals surface area contributed by atoms with Crippen LogP contribution in [-0.2, 0) is 6.42 Å². The SMILES string of the molecule is CCCc1cc(C(=O)O)cc(NCC2CCC(C)C2)n1. The summed E-state index contributed by atoms with van der Waals surface area (Å²) in [6.07, 6.45) is 5.60. The maximum Gasteiger partial charge on any atom is 0.335 e. The molecule has 1 heterocycles. The van der Waals surface area contributed by atoms with Gasteiger partial charge in [-0.1, -0.05) is 26.7 Å². The zero-order valence-electron chi connectivity index (χ0n) is 12.4. The monoisotopic (exact) mass is 276 g/mol. The fraction of sp³-hybridized carbons (Fsp3) is 0.625. The van der Waals surface area contributed by atoms with E-state index in [-0.39, 0.29) is 0 Å². The molecule has 1 aliphatic carbocycles. The smallest absolute Gasteiger partial charge is 0.335 e. The summed E-state index contributed by atoms with van der Waals surface area (Å²) in [5, 5.41) is 12.5. The molecule has 1 aromatic rings. The minimum Gasteiger partial charge on any atom is -0.478 e. The Morgan fingerprint density at radius 3 is 2.85 bits per heavy atom. The molecule has 0 saturated heterocycles. The van der Waals surface area contributed by atoms with Crippen molar-refractivity contribution in [1.29, 1.82) is 0 Å². The van der Waals surface area contributed by atoms with Crippen molar-refractivity contribution in [1.82, 2.24) is 4.98 Å². The number of carbonyl (C=O) groups is 1. The van der Waals surface area contributed by atoms with Crippen molar-refractivity contribution in [2.45, 2.75) is 46.0 Å². The van der Waals surface area contributed by atoms with Gasteiger partial charge in [0.05, 0.1) is 5.56 Å². The van der Waals surface area contributed by atoms with Crippen LogP contribution >= 0.6 is 0 Å². The molecule has 1 aliphatic rings. The van der Waals surface area contributed by atoms with Crippen molar-refractivity contribution in [3.8, 4) is 0 Å². The normalized spacial score (nSPS) is 21.9.